The summed E-state index contributed by atoms with van der Waals surface area (Å²) in [7, 11) is -0.679. The highest BCUT2D eigenvalue weighted by Crippen LogP contribution is 2.22. The lowest BCUT2D eigenvalue weighted by Gasteiger charge is -2.33. The monoisotopic (exact) mass is 464 g/mol. The number of nitrogens with zero attached hydrogens (tertiary/aromatic N) is 4. The third-order valence-electron chi connectivity index (χ3n) is 5.37. The van der Waals surface area contributed by atoms with Crippen LogP contribution in [0.1, 0.15) is 29.9 Å². The van der Waals surface area contributed by atoms with Gasteiger partial charge in [0.25, 0.3) is 5.91 Å². The summed E-state index contributed by atoms with van der Waals surface area (Å²) in [5.41, 5.74) is 1.17. The Morgan fingerprint density at radius 2 is 1.81 bits per heavy atom. The Labute approximate surface area is 190 Å². The van der Waals surface area contributed by atoms with E-state index in [1.165, 1.54) is 34.9 Å². The van der Waals surface area contributed by atoms with Gasteiger partial charge in [-0.3, -0.25) is 9.78 Å². The van der Waals surface area contributed by atoms with Crippen molar-refractivity contribution in [1.29, 1.82) is 0 Å². The molecule has 2 aromatic rings. The van der Waals surface area contributed by atoms with E-state index in [0.29, 0.717) is 0 Å². The largest absolute Gasteiger partial charge is 0.395 e. The molecule has 0 radical (unpaired) electrons. The lowest BCUT2D eigenvalue weighted by atomic mass is 10.0. The summed E-state index contributed by atoms with van der Waals surface area (Å²) in [5.74, 6) is -0.577. The van der Waals surface area contributed by atoms with Gasteiger partial charge in [-0.2, -0.15) is 4.31 Å². The number of hydrogen-bond donors (Lipinski definition) is 1. The highest BCUT2D eigenvalue weighted by molar-refractivity contribution is 7.89. The van der Waals surface area contributed by atoms with E-state index in [2.05, 4.69) is 9.97 Å². The van der Waals surface area contributed by atoms with E-state index in [1.807, 2.05) is 13.8 Å². The van der Waals surface area contributed by atoms with E-state index in [1.54, 1.807) is 38.2 Å². The van der Waals surface area contributed by atoms with Gasteiger partial charge in [-0.1, -0.05) is 24.6 Å². The summed E-state index contributed by atoms with van der Waals surface area (Å²) >= 11 is 0. The molecular formula is C22H32N4O5S. The number of carbonyl (C=O) groups is 1. The molecule has 0 aliphatic heterocycles. The molecule has 0 aliphatic carbocycles. The van der Waals surface area contributed by atoms with Gasteiger partial charge in [0.05, 0.1) is 23.8 Å². The van der Waals surface area contributed by atoms with Crippen molar-refractivity contribution in [3.63, 3.8) is 0 Å². The van der Waals surface area contributed by atoms with Gasteiger partial charge in [0.2, 0.25) is 10.0 Å². The molecule has 1 aromatic heterocycles. The van der Waals surface area contributed by atoms with E-state index < -0.39 is 22.2 Å². The zero-order valence-electron chi connectivity index (χ0n) is 19.2. The van der Waals surface area contributed by atoms with Crippen LogP contribution in [-0.4, -0.2) is 84.6 Å². The molecule has 32 heavy (non-hydrogen) atoms. The van der Waals surface area contributed by atoms with Crippen LogP contribution < -0.4 is 0 Å². The second kappa shape index (κ2) is 11.5. The lowest BCUT2D eigenvalue weighted by Crippen LogP contribution is -2.47. The van der Waals surface area contributed by atoms with Crippen molar-refractivity contribution >= 4 is 15.9 Å². The summed E-state index contributed by atoms with van der Waals surface area (Å²) in [6.45, 7) is 5.43. The summed E-state index contributed by atoms with van der Waals surface area (Å²) < 4.78 is 33.5. The summed E-state index contributed by atoms with van der Waals surface area (Å²) in [6.07, 6.45) is 3.88. The van der Waals surface area contributed by atoms with Crippen LogP contribution in [0.25, 0.3) is 0 Å². The number of carbonyl (C=O) groups excluding carboxylic acids is 1. The van der Waals surface area contributed by atoms with Crippen molar-refractivity contribution in [2.45, 2.75) is 37.8 Å². The first-order chi connectivity index (χ1) is 15.1. The Morgan fingerprint density at radius 3 is 2.34 bits per heavy atom. The number of benzene rings is 1. The predicted octanol–water partition coefficient (Wildman–Crippen LogP) is 1.58. The fraction of sp³-hybridized carbons (Fsp3) is 0.500. The van der Waals surface area contributed by atoms with Crippen LogP contribution in [0.3, 0.4) is 0 Å². The molecule has 3 atom stereocenters. The summed E-state index contributed by atoms with van der Waals surface area (Å²) in [6, 6.07) is 5.98. The minimum atomic E-state index is -3.83. The smallest absolute Gasteiger partial charge is 0.273 e. The van der Waals surface area contributed by atoms with Gasteiger partial charge in [-0.25, -0.2) is 13.4 Å². The summed E-state index contributed by atoms with van der Waals surface area (Å²) in [5, 5.41) is 9.71. The van der Waals surface area contributed by atoms with E-state index in [9.17, 15) is 18.3 Å². The van der Waals surface area contributed by atoms with Gasteiger partial charge in [0.1, 0.15) is 5.69 Å². The topological polar surface area (TPSA) is 113 Å². The number of methoxy groups -OCH3 is 1. The van der Waals surface area contributed by atoms with Gasteiger partial charge in [0, 0.05) is 45.7 Å². The number of aromatic nitrogens is 2. The van der Waals surface area contributed by atoms with Gasteiger partial charge in [-0.05, 0) is 31.9 Å². The minimum absolute atomic E-state index is 0.115. The molecule has 0 fully saturated rings. The number of hydrogen-bond acceptors (Lipinski definition) is 7. The first-order valence-electron chi connectivity index (χ1n) is 10.4. The van der Waals surface area contributed by atoms with E-state index in [4.69, 9.17) is 4.74 Å². The third-order valence-corrected chi connectivity index (χ3v) is 7.37. The number of aryl methyl sites for hydroxylation is 1. The molecule has 9 nitrogen and oxygen atoms in total. The highest BCUT2D eigenvalue weighted by Gasteiger charge is 2.33. The van der Waals surface area contributed by atoms with Crippen molar-refractivity contribution in [2.24, 2.45) is 5.92 Å². The first kappa shape index (κ1) is 25.9. The maximum atomic E-state index is 13.3. The molecule has 0 bridgehead atoms. The number of aliphatic hydroxyl groups excluding tert-OH is 1. The second-order valence-electron chi connectivity index (χ2n) is 7.95. The minimum Gasteiger partial charge on any atom is -0.395 e. The van der Waals surface area contributed by atoms with E-state index in [-0.39, 0.29) is 42.1 Å². The molecule has 1 amide bonds. The maximum absolute atomic E-state index is 13.3. The standard InChI is InChI=1S/C22H32N4O5S/c1-16-6-8-19(9-7-16)32(29,30)26(18(3)15-27)13-17(2)21(31-5)14-25(4)22(28)20-12-23-10-11-24-20/h6-12,17-18,21,27H,13-15H2,1-5H3/t17-,18+,21-/m1/s1. The fourth-order valence-corrected chi connectivity index (χ4v) is 5.02. The van der Waals surface area contributed by atoms with E-state index in [0.717, 1.165) is 5.56 Å². The SMILES string of the molecule is CO[C@H](CN(C)C(=O)c1cnccn1)[C@H](C)CN([C@@H](C)CO)S(=O)(=O)c1ccc(C)cc1. The number of likely N-dealkylation sites (N-methyl/N-ethyl adjacent to an activating group) is 1. The Bertz CT molecular complexity index is 970. The van der Waals surface area contributed by atoms with Crippen LogP contribution in [0.5, 0.6) is 0 Å². The molecule has 0 saturated heterocycles. The Hall–Kier alpha value is -2.40. The molecule has 1 N–H and O–H groups in total. The van der Waals surface area contributed by atoms with Crippen LogP contribution in [0.2, 0.25) is 0 Å². The molecule has 0 saturated carbocycles. The molecule has 176 valence electrons. The van der Waals surface area contributed by atoms with E-state index >= 15 is 0 Å². The van der Waals surface area contributed by atoms with Crippen LogP contribution in [0.4, 0.5) is 0 Å². The van der Waals surface area contributed by atoms with Gasteiger partial charge in [0.15, 0.2) is 0 Å². The molecule has 1 aromatic carbocycles. The van der Waals surface area contributed by atoms with Crippen molar-refractivity contribution < 1.29 is 23.1 Å². The number of ether oxygens (including phenoxy) is 1. The van der Waals surface area contributed by atoms with Crippen LogP contribution in [0, 0.1) is 12.8 Å². The number of amides is 1. The molecule has 10 heteroatoms. The van der Waals surface area contributed by atoms with Crippen LogP contribution in [0.15, 0.2) is 47.8 Å². The second-order valence-corrected chi connectivity index (χ2v) is 9.84. The lowest BCUT2D eigenvalue weighted by molar-refractivity contribution is 0.0219. The average Bonchev–Trinajstić information content (AvgIpc) is 2.80. The number of aliphatic hydroxyl groups is 1. The molecule has 0 aliphatic rings. The molecular weight excluding hydrogens is 432 g/mol. The molecule has 1 heterocycles. The summed E-state index contributed by atoms with van der Waals surface area (Å²) in [4.78, 5) is 22.2. The molecule has 0 unspecified atom stereocenters. The van der Waals surface area contributed by atoms with Crippen molar-refractivity contribution in [1.82, 2.24) is 19.2 Å². The number of sulfonamides is 1. The highest BCUT2D eigenvalue weighted by atomic mass is 32.2. The first-order valence-corrected chi connectivity index (χ1v) is 11.8. The van der Waals surface area contributed by atoms with Gasteiger partial charge >= 0.3 is 0 Å². The zero-order chi connectivity index (χ0) is 23.9. The fourth-order valence-electron chi connectivity index (χ4n) is 3.30. The van der Waals surface area contributed by atoms with Crippen LogP contribution in [-0.2, 0) is 14.8 Å². The van der Waals surface area contributed by atoms with Crippen molar-refractivity contribution in [2.75, 3.05) is 33.9 Å². The van der Waals surface area contributed by atoms with Crippen molar-refractivity contribution in [3.05, 3.63) is 54.1 Å². The maximum Gasteiger partial charge on any atom is 0.273 e. The Kier molecular flexibility index (Phi) is 9.26. The van der Waals surface area contributed by atoms with Gasteiger partial charge < -0.3 is 14.7 Å². The van der Waals surface area contributed by atoms with Gasteiger partial charge in [-0.15, -0.1) is 0 Å². The third kappa shape index (κ3) is 6.32. The molecule has 2 rings (SSSR count). The number of rotatable bonds is 11. The zero-order valence-corrected chi connectivity index (χ0v) is 20.0. The van der Waals surface area contributed by atoms with Crippen molar-refractivity contribution in [3.8, 4) is 0 Å². The Balaban J connectivity index is 2.19. The van der Waals surface area contributed by atoms with Crippen LogP contribution >= 0.6 is 0 Å². The predicted molar refractivity (Wildman–Crippen MR) is 121 cm³/mol. The average molecular weight is 465 g/mol. The normalized spacial score (nSPS) is 14.7. The Morgan fingerprint density at radius 1 is 1.16 bits per heavy atom. The quantitative estimate of drug-likeness (QED) is 0.537. The molecule has 0 spiro atoms.